The lowest BCUT2D eigenvalue weighted by atomic mass is 9.35. The number of benzene rings is 7. The predicted octanol–water partition coefficient (Wildman–Crippen LogP) is 11.5. The molecule has 0 saturated heterocycles. The largest absolute Gasteiger partial charge is 0.468 e. The summed E-state index contributed by atoms with van der Waals surface area (Å²) in [7, 11) is 0. The fourth-order valence-corrected chi connectivity index (χ4v) is 9.29. The van der Waals surface area contributed by atoms with E-state index in [1.54, 1.807) is 20.8 Å². The molecule has 0 radical (unpaired) electrons. The Morgan fingerprint density at radius 2 is 1.41 bits per heavy atom. The van der Waals surface area contributed by atoms with E-state index >= 15 is 0 Å². The van der Waals surface area contributed by atoms with Gasteiger partial charge in [0.1, 0.15) is 5.58 Å². The Morgan fingerprint density at radius 1 is 0.661 bits per heavy atom. The molecule has 0 bridgehead atoms. The quantitative estimate of drug-likeness (QED) is 0.157. The Labute approximate surface area is 357 Å². The minimum Gasteiger partial charge on any atom is -0.468 e. The number of nitrogens with zero attached hydrogens (tertiary/aromatic N) is 4. The Balaban J connectivity index is 1.32. The van der Waals surface area contributed by atoms with Gasteiger partial charge in [0.2, 0.25) is 0 Å². The average Bonchev–Trinajstić information content (AvgIpc) is 1.85. The molecule has 6 heterocycles. The number of hydrogen-bond acceptors (Lipinski definition) is 5. The van der Waals surface area contributed by atoms with Gasteiger partial charge in [0.25, 0.3) is 6.71 Å². The van der Waals surface area contributed by atoms with Gasteiger partial charge in [-0.15, -0.1) is 11.3 Å². The minimum absolute atomic E-state index is 0.0232. The van der Waals surface area contributed by atoms with E-state index < -0.39 is 173 Å². The van der Waals surface area contributed by atoms with E-state index in [-0.39, 0.29) is 92.3 Å². The molecule has 262 valence electrons. The van der Waals surface area contributed by atoms with Crippen molar-refractivity contribution < 1.29 is 34.6 Å². The number of thiophene rings is 1. The van der Waals surface area contributed by atoms with Crippen LogP contribution in [0.2, 0.25) is 0 Å². The van der Waals surface area contributed by atoms with Crippen LogP contribution < -0.4 is 26.4 Å². The average molecular weight is 757 g/mol. The van der Waals surface area contributed by atoms with Gasteiger partial charge >= 0.3 is 0 Å². The molecule has 0 saturated carbocycles. The van der Waals surface area contributed by atoms with Crippen molar-refractivity contribution in [1.29, 1.82) is 5.26 Å². The van der Waals surface area contributed by atoms with Crippen molar-refractivity contribution in [2.75, 3.05) is 9.80 Å². The minimum atomic E-state index is -1.70. The molecule has 3 aromatic heterocycles. The van der Waals surface area contributed by atoms with Crippen LogP contribution in [-0.2, 0) is 5.41 Å². The molecule has 0 fully saturated rings. The number of anilines is 6. The highest BCUT2D eigenvalue weighted by molar-refractivity contribution is 7.25. The smallest absolute Gasteiger partial charge is 0.297 e. The zero-order valence-electron chi connectivity index (χ0n) is 51.2. The maximum atomic E-state index is 11.2. The van der Waals surface area contributed by atoms with E-state index in [4.69, 9.17) is 14.0 Å². The monoisotopic (exact) mass is 756 g/mol. The Kier molecular flexibility index (Phi) is 3.05. The van der Waals surface area contributed by atoms with Crippen molar-refractivity contribution in [1.82, 2.24) is 4.57 Å². The first-order chi connectivity index (χ1) is 36.6. The molecule has 0 N–H and O–H groups in total. The number of hydrogen-bond donors (Lipinski definition) is 0. The summed E-state index contributed by atoms with van der Waals surface area (Å²) in [5, 5.41) is 10.0. The molecule has 7 aromatic carbocycles. The van der Waals surface area contributed by atoms with Gasteiger partial charge in [0.05, 0.1) is 81.2 Å². The van der Waals surface area contributed by atoms with Gasteiger partial charge in [0.15, 0.2) is 0 Å². The second-order valence-corrected chi connectivity index (χ2v) is 15.7. The van der Waals surface area contributed by atoms with Gasteiger partial charge in [-0.05, 0) is 82.3 Å². The molecule has 56 heavy (non-hydrogen) atoms. The van der Waals surface area contributed by atoms with Crippen LogP contribution in [0.5, 0.6) is 0 Å². The van der Waals surface area contributed by atoms with Crippen LogP contribution >= 0.6 is 11.3 Å². The number of para-hydroxylation sites is 3. The summed E-state index contributed by atoms with van der Waals surface area (Å²) >= 11 is 0.726. The molecule has 0 amide bonds. The Hall–Kier alpha value is -6.75. The van der Waals surface area contributed by atoms with Crippen LogP contribution in [0.4, 0.5) is 34.1 Å². The van der Waals surface area contributed by atoms with E-state index in [2.05, 4.69) is 0 Å². The third-order valence-corrected chi connectivity index (χ3v) is 11.7. The number of rotatable bonds is 1. The fraction of sp³-hybridized carbons (Fsp3) is 0.0816. The zero-order chi connectivity index (χ0) is 56.3. The summed E-state index contributed by atoms with van der Waals surface area (Å²) in [6.45, 7) is 3.39. The first-order valence-electron chi connectivity index (χ1n) is 28.4. The molecule has 0 atom stereocenters. The van der Waals surface area contributed by atoms with E-state index in [1.807, 2.05) is 6.07 Å². The predicted molar refractivity (Wildman–Crippen MR) is 234 cm³/mol. The van der Waals surface area contributed by atoms with Crippen LogP contribution in [-0.4, -0.2) is 11.3 Å². The molecule has 13 rings (SSSR count). The molecule has 0 aliphatic carbocycles. The third kappa shape index (κ3) is 3.70. The van der Waals surface area contributed by atoms with Crippen molar-refractivity contribution in [3.63, 3.8) is 0 Å². The molecule has 3 aliphatic rings. The van der Waals surface area contributed by atoms with Crippen molar-refractivity contribution in [3.05, 3.63) is 144 Å². The van der Waals surface area contributed by atoms with E-state index in [1.165, 1.54) is 9.47 Å². The normalized spacial score (nSPS) is 19.4. The van der Waals surface area contributed by atoms with Gasteiger partial charge in [-0.2, -0.15) is 5.26 Å². The van der Waals surface area contributed by atoms with Crippen LogP contribution in [0.1, 0.15) is 62.1 Å². The third-order valence-electron chi connectivity index (χ3n) is 10.6. The SMILES string of the molecule is [2H]c1c([2H])c2c3c(c1[2H])-n1c4c([2H])c([2H])c([2H])c([2H])c4c4c([2H])c([2H])c([2H])c(c41)N3c1c([2H])c(C#N)c([2H])c3c1B2c1oc2c([2H])c([2H])c(C(C)(C)C)c([2H])c2c1N3c1c([2H])c([2H])c2c(sc3c([2H])c([2H])c([2H])c([2H])c32)c1[2H]. The summed E-state index contributed by atoms with van der Waals surface area (Å²) in [5.41, 5.74) is -6.22. The zero-order valence-corrected chi connectivity index (χ0v) is 30.0. The summed E-state index contributed by atoms with van der Waals surface area (Å²) < 4.78 is 214. The van der Waals surface area contributed by atoms with Gasteiger partial charge in [0, 0.05) is 53.4 Å². The van der Waals surface area contributed by atoms with E-state index in [9.17, 15) is 25.8 Å². The molecule has 0 unspecified atom stereocenters. The molecular weight excluding hydrogens is 703 g/mol. The summed E-state index contributed by atoms with van der Waals surface area (Å²) in [4.78, 5) is 2.28. The van der Waals surface area contributed by atoms with Gasteiger partial charge in [-0.1, -0.05) is 93.3 Å². The Morgan fingerprint density at radius 3 is 2.27 bits per heavy atom. The maximum Gasteiger partial charge on any atom is 0.297 e. The topological polar surface area (TPSA) is 48.3 Å². The lowest BCUT2D eigenvalue weighted by Gasteiger charge is -2.44. The van der Waals surface area contributed by atoms with Gasteiger partial charge in [-0.3, -0.25) is 0 Å². The van der Waals surface area contributed by atoms with Crippen molar-refractivity contribution in [3.8, 4) is 11.8 Å². The lowest BCUT2D eigenvalue weighted by Crippen LogP contribution is -2.61. The molecule has 0 spiro atoms. The summed E-state index contributed by atoms with van der Waals surface area (Å²) in [6.07, 6.45) is 0. The molecule has 5 nitrogen and oxygen atoms in total. The molecular formula is C49H31BN4OS. The standard InChI is InChI=1S/C49H31BN4OS/c1-49(2,3)28-18-21-41-34(24-28)46-48(55-41)50-35-13-9-16-38-47(35)54(37-15-8-12-33-30-10-4-6-14-36(30)53(38)45(33)37)40-23-27(26-51)22-39(44(40)50)52(46)29-19-20-32-31-11-5-7-17-42(31)56-43(32)25-29/h4-25H,1-3H3/i4D,5D,6D,7D,8D,9D,10D,11D,12D,13D,14D,15D,16D,17D,18D,19D,20D,21D,22D,23D,24D,25D. The van der Waals surface area contributed by atoms with Crippen molar-refractivity contribution in [2.45, 2.75) is 26.2 Å². The van der Waals surface area contributed by atoms with E-state index in [0.717, 1.165) is 16.2 Å². The van der Waals surface area contributed by atoms with Crippen LogP contribution in [0.15, 0.2) is 137 Å². The van der Waals surface area contributed by atoms with E-state index in [0.29, 0.717) is 0 Å². The second kappa shape index (κ2) is 10.3. The highest BCUT2D eigenvalue weighted by Gasteiger charge is 2.49. The van der Waals surface area contributed by atoms with Crippen molar-refractivity contribution in [2.24, 2.45) is 0 Å². The van der Waals surface area contributed by atoms with Crippen LogP contribution in [0.25, 0.3) is 58.6 Å². The number of fused-ring (bicyclic) bond motifs is 14. The highest BCUT2D eigenvalue weighted by atomic mass is 32.1. The number of furan rings is 1. The second-order valence-electron chi connectivity index (χ2n) is 14.7. The maximum absolute atomic E-state index is 11.2. The Bertz CT molecular complexity index is 4740. The fourth-order valence-electron chi connectivity index (χ4n) is 8.33. The first kappa shape index (κ1) is 16.5. The summed E-state index contributed by atoms with van der Waals surface area (Å²) in [6, 6.07) is -12.3. The number of nitriles is 1. The first-order valence-corrected chi connectivity index (χ1v) is 18.2. The molecule has 7 heteroatoms. The van der Waals surface area contributed by atoms with Crippen molar-refractivity contribution >= 4 is 122 Å². The lowest BCUT2D eigenvalue weighted by molar-refractivity contribution is 0.590. The van der Waals surface area contributed by atoms with Crippen LogP contribution in [0.3, 0.4) is 0 Å². The van der Waals surface area contributed by atoms with Crippen LogP contribution in [0, 0.1) is 11.3 Å². The molecule has 10 aromatic rings. The molecule has 3 aliphatic heterocycles. The summed E-state index contributed by atoms with van der Waals surface area (Å²) in [5.74, 6) is 0. The van der Waals surface area contributed by atoms with Gasteiger partial charge in [-0.25, -0.2) is 0 Å². The number of aromatic nitrogens is 1. The highest BCUT2D eigenvalue weighted by Crippen LogP contribution is 2.53. The van der Waals surface area contributed by atoms with Gasteiger partial charge < -0.3 is 18.8 Å².